The number of carbonyl (C=O) groups is 1. The number of carbonyl (C=O) groups excluding carboxylic acids is 1. The average molecular weight is 395 g/mol. The van der Waals surface area contributed by atoms with Gasteiger partial charge >= 0.3 is 0 Å². The van der Waals surface area contributed by atoms with Crippen LogP contribution in [0.1, 0.15) is 29.5 Å². The molecule has 140 valence electrons. The number of benzene rings is 2. The van der Waals surface area contributed by atoms with Crippen LogP contribution in [-0.2, 0) is 4.79 Å². The standard InChI is InChI=1S/C21H16ClFN4O/c22-14-5-3-4-12(8-14)13-9-17-19(18(28)10-13)20(15-6-1-2-7-16(15)23)27-21(26-17)24-11-25-27/h1-9,11,13,19-20H,10H2,(H,24,25,26)/t13-,19+,20+/m0/s1. The zero-order valence-electron chi connectivity index (χ0n) is 14.7. The van der Waals surface area contributed by atoms with E-state index in [1.54, 1.807) is 28.9 Å². The summed E-state index contributed by atoms with van der Waals surface area (Å²) in [5.74, 6) is -0.470. The van der Waals surface area contributed by atoms with Gasteiger partial charge in [-0.15, -0.1) is 0 Å². The van der Waals surface area contributed by atoms with Crippen molar-refractivity contribution in [2.24, 2.45) is 5.92 Å². The number of nitrogens with zero attached hydrogens (tertiary/aromatic N) is 3. The minimum atomic E-state index is -0.570. The van der Waals surface area contributed by atoms with E-state index in [1.807, 2.05) is 24.3 Å². The van der Waals surface area contributed by atoms with Gasteiger partial charge in [0.2, 0.25) is 5.95 Å². The minimum absolute atomic E-state index is 0.0318. The Morgan fingerprint density at radius 2 is 2.04 bits per heavy atom. The third kappa shape index (κ3) is 2.72. The Bertz CT molecular complexity index is 1110. The highest BCUT2D eigenvalue weighted by Gasteiger charge is 2.43. The maximum Gasteiger partial charge on any atom is 0.226 e. The Balaban J connectivity index is 1.64. The highest BCUT2D eigenvalue weighted by Crippen LogP contribution is 2.44. The van der Waals surface area contributed by atoms with E-state index in [2.05, 4.69) is 15.4 Å². The summed E-state index contributed by atoms with van der Waals surface area (Å²) in [7, 11) is 0. The summed E-state index contributed by atoms with van der Waals surface area (Å²) in [6.07, 6.45) is 3.77. The molecule has 0 saturated heterocycles. The van der Waals surface area contributed by atoms with Gasteiger partial charge < -0.3 is 5.32 Å². The van der Waals surface area contributed by atoms with Crippen LogP contribution >= 0.6 is 11.6 Å². The molecule has 1 N–H and O–H groups in total. The molecule has 2 heterocycles. The fraction of sp³-hybridized carbons (Fsp3) is 0.190. The number of Topliss-reactive ketones (excluding diaryl/α,β-unsaturated/α-hetero) is 1. The van der Waals surface area contributed by atoms with Gasteiger partial charge in [0.25, 0.3) is 0 Å². The molecule has 1 aromatic heterocycles. The number of ketones is 1. The SMILES string of the molecule is O=C1C[C@@H](c2cccc(Cl)c2)C=C2Nc3ncnn3[C@H](c3ccccc3F)[C@@H]12. The van der Waals surface area contributed by atoms with Crippen LogP contribution in [0.4, 0.5) is 10.3 Å². The fourth-order valence-electron chi connectivity index (χ4n) is 4.15. The Morgan fingerprint density at radius 1 is 1.18 bits per heavy atom. The van der Waals surface area contributed by atoms with Crippen LogP contribution in [0.25, 0.3) is 0 Å². The van der Waals surface area contributed by atoms with Crippen LogP contribution in [0.15, 0.2) is 66.6 Å². The first-order valence-electron chi connectivity index (χ1n) is 9.02. The molecule has 7 heteroatoms. The summed E-state index contributed by atoms with van der Waals surface area (Å²) in [4.78, 5) is 17.5. The van der Waals surface area contributed by atoms with Crippen molar-refractivity contribution in [2.45, 2.75) is 18.4 Å². The van der Waals surface area contributed by atoms with E-state index < -0.39 is 12.0 Å². The number of allylic oxidation sites excluding steroid dienone is 2. The monoisotopic (exact) mass is 394 g/mol. The third-order valence-corrected chi connectivity index (χ3v) is 5.63. The van der Waals surface area contributed by atoms with Crippen molar-refractivity contribution in [1.29, 1.82) is 0 Å². The quantitative estimate of drug-likeness (QED) is 0.702. The molecule has 0 bridgehead atoms. The van der Waals surface area contributed by atoms with E-state index in [-0.39, 0.29) is 17.5 Å². The number of halogens is 2. The predicted octanol–water partition coefficient (Wildman–Crippen LogP) is 4.34. The molecule has 0 saturated carbocycles. The van der Waals surface area contributed by atoms with Crippen LogP contribution in [-0.4, -0.2) is 20.5 Å². The van der Waals surface area contributed by atoms with Gasteiger partial charge in [-0.3, -0.25) is 4.79 Å². The van der Waals surface area contributed by atoms with Crippen molar-refractivity contribution in [3.05, 3.63) is 88.6 Å². The lowest BCUT2D eigenvalue weighted by Gasteiger charge is -2.38. The van der Waals surface area contributed by atoms with E-state index >= 15 is 0 Å². The number of fused-ring (bicyclic) bond motifs is 2. The molecular weight excluding hydrogens is 379 g/mol. The molecule has 5 nitrogen and oxygen atoms in total. The average Bonchev–Trinajstić information content (AvgIpc) is 3.15. The van der Waals surface area contributed by atoms with E-state index in [0.29, 0.717) is 23.0 Å². The number of hydrogen-bond acceptors (Lipinski definition) is 4. The molecule has 1 aliphatic heterocycles. The van der Waals surface area contributed by atoms with Gasteiger partial charge in [0, 0.05) is 28.6 Å². The Hall–Kier alpha value is -2.99. The van der Waals surface area contributed by atoms with Gasteiger partial charge in [-0.25, -0.2) is 9.07 Å². The highest BCUT2D eigenvalue weighted by molar-refractivity contribution is 6.30. The van der Waals surface area contributed by atoms with Crippen molar-refractivity contribution in [3.8, 4) is 0 Å². The summed E-state index contributed by atoms with van der Waals surface area (Å²) < 4.78 is 16.2. The number of hydrogen-bond donors (Lipinski definition) is 1. The summed E-state index contributed by atoms with van der Waals surface area (Å²) in [5.41, 5.74) is 2.14. The van der Waals surface area contributed by atoms with Crippen molar-refractivity contribution >= 4 is 23.3 Å². The number of nitrogens with one attached hydrogen (secondary N) is 1. The van der Waals surface area contributed by atoms with E-state index in [0.717, 1.165) is 11.3 Å². The molecule has 28 heavy (non-hydrogen) atoms. The Morgan fingerprint density at radius 3 is 2.86 bits per heavy atom. The number of anilines is 1. The van der Waals surface area contributed by atoms with Crippen molar-refractivity contribution < 1.29 is 9.18 Å². The fourth-order valence-corrected chi connectivity index (χ4v) is 4.35. The molecule has 1 aliphatic carbocycles. The van der Waals surface area contributed by atoms with Crippen LogP contribution in [0.5, 0.6) is 0 Å². The second-order valence-corrected chi connectivity index (χ2v) is 7.49. The molecule has 2 aromatic carbocycles. The summed E-state index contributed by atoms with van der Waals surface area (Å²) in [5, 5.41) is 8.10. The van der Waals surface area contributed by atoms with Gasteiger partial charge in [0.15, 0.2) is 0 Å². The van der Waals surface area contributed by atoms with Crippen LogP contribution in [0.3, 0.4) is 0 Å². The summed E-state index contributed by atoms with van der Waals surface area (Å²) in [6.45, 7) is 0. The summed E-state index contributed by atoms with van der Waals surface area (Å²) in [6, 6.07) is 13.4. The molecule has 0 spiro atoms. The Labute approximate surface area is 165 Å². The first-order chi connectivity index (χ1) is 13.6. The normalized spacial score (nSPS) is 23.4. The molecule has 3 atom stereocenters. The predicted molar refractivity (Wildman–Crippen MR) is 104 cm³/mol. The first-order valence-corrected chi connectivity index (χ1v) is 9.40. The molecule has 0 fully saturated rings. The first kappa shape index (κ1) is 17.1. The lowest BCUT2D eigenvalue weighted by atomic mass is 9.75. The molecule has 0 unspecified atom stereocenters. The topological polar surface area (TPSA) is 59.8 Å². The zero-order valence-corrected chi connectivity index (χ0v) is 15.5. The smallest absolute Gasteiger partial charge is 0.226 e. The van der Waals surface area contributed by atoms with Crippen LogP contribution < -0.4 is 5.32 Å². The number of aromatic nitrogens is 3. The molecule has 2 aliphatic rings. The largest absolute Gasteiger partial charge is 0.328 e. The minimum Gasteiger partial charge on any atom is -0.328 e. The van der Waals surface area contributed by atoms with E-state index in [4.69, 9.17) is 11.6 Å². The van der Waals surface area contributed by atoms with E-state index in [1.165, 1.54) is 12.4 Å². The maximum absolute atomic E-state index is 14.6. The molecule has 0 radical (unpaired) electrons. The molecule has 5 rings (SSSR count). The number of rotatable bonds is 2. The van der Waals surface area contributed by atoms with Crippen LogP contribution in [0.2, 0.25) is 5.02 Å². The van der Waals surface area contributed by atoms with Crippen molar-refractivity contribution in [1.82, 2.24) is 14.8 Å². The van der Waals surface area contributed by atoms with Gasteiger partial charge in [-0.1, -0.05) is 48.0 Å². The van der Waals surface area contributed by atoms with E-state index in [9.17, 15) is 9.18 Å². The third-order valence-electron chi connectivity index (χ3n) is 5.39. The van der Waals surface area contributed by atoms with Gasteiger partial charge in [-0.2, -0.15) is 10.1 Å². The zero-order chi connectivity index (χ0) is 19.3. The Kier molecular flexibility index (Phi) is 4.02. The second kappa shape index (κ2) is 6.56. The lowest BCUT2D eigenvalue weighted by Crippen LogP contribution is -2.40. The molecular formula is C21H16ClFN4O. The summed E-state index contributed by atoms with van der Waals surface area (Å²) >= 11 is 6.13. The lowest BCUT2D eigenvalue weighted by molar-refractivity contribution is -0.123. The maximum atomic E-state index is 14.6. The highest BCUT2D eigenvalue weighted by atomic mass is 35.5. The van der Waals surface area contributed by atoms with Gasteiger partial charge in [0.05, 0.1) is 12.0 Å². The van der Waals surface area contributed by atoms with Crippen molar-refractivity contribution in [3.63, 3.8) is 0 Å². The van der Waals surface area contributed by atoms with Gasteiger partial charge in [0.1, 0.15) is 17.9 Å². The second-order valence-electron chi connectivity index (χ2n) is 7.05. The van der Waals surface area contributed by atoms with Gasteiger partial charge in [-0.05, 0) is 23.8 Å². The molecule has 3 aromatic rings. The molecule has 0 amide bonds. The van der Waals surface area contributed by atoms with Crippen molar-refractivity contribution in [2.75, 3.05) is 5.32 Å². The van der Waals surface area contributed by atoms with Crippen LogP contribution in [0, 0.1) is 11.7 Å².